The number of nitrogens with one attached hydrogen (secondary N) is 1. The van der Waals surface area contributed by atoms with Crippen LogP contribution in [0.1, 0.15) is 18.9 Å². The molecule has 3 aromatic rings. The molecule has 0 saturated heterocycles. The molecule has 1 aromatic heterocycles. The van der Waals surface area contributed by atoms with Crippen molar-refractivity contribution in [1.82, 2.24) is 4.98 Å². The largest absolute Gasteiger partial charge is 0.492 e. The van der Waals surface area contributed by atoms with E-state index in [1.54, 1.807) is 6.21 Å². The molecular weight excluding hydrogens is 398 g/mol. The van der Waals surface area contributed by atoms with Crippen LogP contribution in [-0.2, 0) is 0 Å². The van der Waals surface area contributed by atoms with E-state index >= 15 is 0 Å². The molecule has 25 heavy (non-hydrogen) atoms. The van der Waals surface area contributed by atoms with E-state index in [1.807, 2.05) is 53.9 Å². The number of hydrogen-bond donors (Lipinski definition) is 1. The number of hydrazone groups is 1. The van der Waals surface area contributed by atoms with E-state index in [1.165, 1.54) is 11.3 Å². The molecule has 0 unspecified atom stereocenters. The fourth-order valence-corrected chi connectivity index (χ4v) is 3.33. The van der Waals surface area contributed by atoms with Crippen LogP contribution in [0.5, 0.6) is 5.75 Å². The molecule has 0 aliphatic heterocycles. The van der Waals surface area contributed by atoms with Gasteiger partial charge < -0.3 is 4.74 Å². The van der Waals surface area contributed by atoms with Crippen LogP contribution in [-0.4, -0.2) is 17.8 Å². The van der Waals surface area contributed by atoms with Gasteiger partial charge in [0.25, 0.3) is 0 Å². The fraction of sp³-hybridized carbons (Fsp3) is 0.158. The van der Waals surface area contributed by atoms with Gasteiger partial charge in [0.1, 0.15) is 5.75 Å². The van der Waals surface area contributed by atoms with Gasteiger partial charge in [0, 0.05) is 10.9 Å². The van der Waals surface area contributed by atoms with E-state index < -0.39 is 0 Å². The lowest BCUT2D eigenvalue weighted by atomic mass is 10.2. The van der Waals surface area contributed by atoms with Crippen LogP contribution in [0.4, 0.5) is 5.13 Å². The monoisotopic (exact) mass is 415 g/mol. The molecule has 3 rings (SSSR count). The van der Waals surface area contributed by atoms with Crippen LogP contribution >= 0.6 is 27.3 Å². The average molecular weight is 416 g/mol. The average Bonchev–Trinajstić information content (AvgIpc) is 3.11. The van der Waals surface area contributed by atoms with Crippen molar-refractivity contribution in [3.05, 3.63) is 63.9 Å². The minimum Gasteiger partial charge on any atom is -0.492 e. The Bertz CT molecular complexity index is 849. The molecule has 0 saturated carbocycles. The second-order valence-corrected chi connectivity index (χ2v) is 7.02. The molecule has 0 amide bonds. The number of rotatable bonds is 7. The number of ether oxygens (including phenoxy) is 1. The second kappa shape index (κ2) is 8.78. The van der Waals surface area contributed by atoms with Crippen molar-refractivity contribution in [3.8, 4) is 17.0 Å². The lowest BCUT2D eigenvalue weighted by molar-refractivity contribution is 0.315. The molecule has 0 aliphatic carbocycles. The maximum Gasteiger partial charge on any atom is 0.203 e. The summed E-state index contributed by atoms with van der Waals surface area (Å²) in [6.45, 7) is 2.80. The van der Waals surface area contributed by atoms with E-state index in [9.17, 15) is 0 Å². The zero-order chi connectivity index (χ0) is 17.5. The smallest absolute Gasteiger partial charge is 0.203 e. The molecule has 4 nitrogen and oxygen atoms in total. The molecule has 6 heteroatoms. The molecular formula is C19H18BrN3OS. The zero-order valence-corrected chi connectivity index (χ0v) is 16.2. The minimum absolute atomic E-state index is 0.710. The Morgan fingerprint density at radius 2 is 2.08 bits per heavy atom. The van der Waals surface area contributed by atoms with Crippen molar-refractivity contribution >= 4 is 38.6 Å². The summed E-state index contributed by atoms with van der Waals surface area (Å²) < 4.78 is 6.57. The first-order valence-corrected chi connectivity index (χ1v) is 9.66. The van der Waals surface area contributed by atoms with Gasteiger partial charge in [-0.15, -0.1) is 11.3 Å². The number of anilines is 1. The number of benzene rings is 2. The highest BCUT2D eigenvalue weighted by molar-refractivity contribution is 9.10. The predicted octanol–water partition coefficient (Wildman–Crippen LogP) is 5.81. The molecule has 1 N–H and O–H groups in total. The third-order valence-corrected chi connectivity index (χ3v) is 4.73. The van der Waals surface area contributed by atoms with Crippen LogP contribution in [0, 0.1) is 0 Å². The topological polar surface area (TPSA) is 46.5 Å². The van der Waals surface area contributed by atoms with Crippen LogP contribution in [0.3, 0.4) is 0 Å². The lowest BCUT2D eigenvalue weighted by Gasteiger charge is -2.07. The molecule has 128 valence electrons. The maximum atomic E-state index is 5.64. The molecule has 1 heterocycles. The van der Waals surface area contributed by atoms with E-state index in [2.05, 4.69) is 38.4 Å². The Morgan fingerprint density at radius 1 is 1.24 bits per heavy atom. The van der Waals surface area contributed by atoms with Crippen LogP contribution in [0.25, 0.3) is 11.3 Å². The Balaban J connectivity index is 1.62. The first kappa shape index (κ1) is 17.6. The third-order valence-electron chi connectivity index (χ3n) is 3.37. The summed E-state index contributed by atoms with van der Waals surface area (Å²) in [4.78, 5) is 4.54. The molecule has 0 spiro atoms. The number of aromatic nitrogens is 1. The van der Waals surface area contributed by atoms with Gasteiger partial charge in [0.05, 0.1) is 23.0 Å². The van der Waals surface area contributed by atoms with Gasteiger partial charge in [-0.2, -0.15) is 5.10 Å². The Morgan fingerprint density at radius 3 is 2.84 bits per heavy atom. The normalized spacial score (nSPS) is 11.0. The van der Waals surface area contributed by atoms with Crippen molar-refractivity contribution in [1.29, 1.82) is 0 Å². The molecule has 0 bridgehead atoms. The van der Waals surface area contributed by atoms with Crippen molar-refractivity contribution < 1.29 is 4.74 Å². The highest BCUT2D eigenvalue weighted by Gasteiger charge is 2.03. The quantitative estimate of drug-likeness (QED) is 0.391. The first-order chi connectivity index (χ1) is 12.3. The highest BCUT2D eigenvalue weighted by atomic mass is 79.9. The summed E-state index contributed by atoms with van der Waals surface area (Å²) in [5, 5.41) is 7.04. The van der Waals surface area contributed by atoms with Gasteiger partial charge in [-0.1, -0.05) is 37.3 Å². The SMILES string of the molecule is CCCOc1ccc(/C=N\Nc2nc(-c3ccccc3)cs2)cc1Br. The van der Waals surface area contributed by atoms with Crippen molar-refractivity contribution in [2.45, 2.75) is 13.3 Å². The van der Waals surface area contributed by atoms with Gasteiger partial charge in [0.15, 0.2) is 0 Å². The van der Waals surface area contributed by atoms with Gasteiger partial charge in [-0.25, -0.2) is 4.98 Å². The van der Waals surface area contributed by atoms with E-state index in [-0.39, 0.29) is 0 Å². The lowest BCUT2D eigenvalue weighted by Crippen LogP contribution is -1.96. The van der Waals surface area contributed by atoms with E-state index in [4.69, 9.17) is 4.74 Å². The van der Waals surface area contributed by atoms with Gasteiger partial charge >= 0.3 is 0 Å². The van der Waals surface area contributed by atoms with Crippen LogP contribution in [0.2, 0.25) is 0 Å². The second-order valence-electron chi connectivity index (χ2n) is 5.31. The summed E-state index contributed by atoms with van der Waals surface area (Å²) in [6.07, 6.45) is 2.75. The summed E-state index contributed by atoms with van der Waals surface area (Å²) in [7, 11) is 0. The number of hydrogen-bond acceptors (Lipinski definition) is 5. The Labute approximate surface area is 159 Å². The Hall–Kier alpha value is -2.18. The van der Waals surface area contributed by atoms with Gasteiger partial charge in [-0.3, -0.25) is 5.43 Å². The first-order valence-electron chi connectivity index (χ1n) is 7.98. The van der Waals surface area contributed by atoms with Gasteiger partial charge in [-0.05, 0) is 46.1 Å². The molecule has 0 radical (unpaired) electrons. The summed E-state index contributed by atoms with van der Waals surface area (Å²) in [5.74, 6) is 0.847. The predicted molar refractivity (Wildman–Crippen MR) is 109 cm³/mol. The van der Waals surface area contributed by atoms with Crippen molar-refractivity contribution in [2.24, 2.45) is 5.10 Å². The number of halogens is 1. The standard InChI is InChI=1S/C19H18BrN3OS/c1-2-10-24-18-9-8-14(11-16(18)20)12-21-23-19-22-17(13-25-19)15-6-4-3-5-7-15/h3-9,11-13H,2,10H2,1H3,(H,22,23)/b21-12-. The number of nitrogens with zero attached hydrogens (tertiary/aromatic N) is 2. The Kier molecular flexibility index (Phi) is 6.19. The van der Waals surface area contributed by atoms with Crippen LogP contribution in [0.15, 0.2) is 63.5 Å². The van der Waals surface area contributed by atoms with Crippen molar-refractivity contribution in [3.63, 3.8) is 0 Å². The zero-order valence-electron chi connectivity index (χ0n) is 13.8. The fourth-order valence-electron chi connectivity index (χ4n) is 2.16. The van der Waals surface area contributed by atoms with E-state index in [0.29, 0.717) is 6.61 Å². The number of thiazole rings is 1. The van der Waals surface area contributed by atoms with E-state index in [0.717, 1.165) is 38.6 Å². The molecule has 0 fully saturated rings. The van der Waals surface area contributed by atoms with Gasteiger partial charge in [0.2, 0.25) is 5.13 Å². The minimum atomic E-state index is 0.710. The summed E-state index contributed by atoms with van der Waals surface area (Å²) in [6, 6.07) is 16.0. The van der Waals surface area contributed by atoms with Crippen molar-refractivity contribution in [2.75, 3.05) is 12.0 Å². The molecule has 0 aliphatic rings. The summed E-state index contributed by atoms with van der Waals surface area (Å²) in [5.41, 5.74) is 6.00. The molecule has 2 aromatic carbocycles. The maximum absolute atomic E-state index is 5.64. The molecule has 0 atom stereocenters. The highest BCUT2D eigenvalue weighted by Crippen LogP contribution is 2.26. The third kappa shape index (κ3) is 4.90. The summed E-state index contributed by atoms with van der Waals surface area (Å²) >= 11 is 5.05. The van der Waals surface area contributed by atoms with Crippen LogP contribution < -0.4 is 10.2 Å².